The predicted octanol–water partition coefficient (Wildman–Crippen LogP) is 2.78. The molecule has 0 saturated heterocycles. The van der Waals surface area contributed by atoms with Crippen molar-refractivity contribution in [1.29, 1.82) is 0 Å². The molecule has 0 radical (unpaired) electrons. The Balaban J connectivity index is 2.73. The lowest BCUT2D eigenvalue weighted by molar-refractivity contribution is 0.0275. The van der Waals surface area contributed by atoms with Crippen molar-refractivity contribution in [2.75, 3.05) is 20.8 Å². The molecule has 3 heteroatoms. The Morgan fingerprint density at radius 2 is 1.85 bits per heavy atom. The Hall–Kier alpha value is -0.380. The zero-order valence-electron chi connectivity index (χ0n) is 7.79. The summed E-state index contributed by atoms with van der Waals surface area (Å²) in [6, 6.07) is 8.04. The molecule has 0 aromatic heterocycles. The van der Waals surface area contributed by atoms with Gasteiger partial charge in [-0.1, -0.05) is 28.1 Å². The summed E-state index contributed by atoms with van der Waals surface area (Å²) < 4.78 is 11.4. The van der Waals surface area contributed by atoms with E-state index in [9.17, 15) is 0 Å². The highest BCUT2D eigenvalue weighted by atomic mass is 79.9. The summed E-state index contributed by atoms with van der Waals surface area (Å²) in [4.78, 5) is 0. The smallest absolute Gasteiger partial charge is 0.105 e. The fourth-order valence-corrected chi connectivity index (χ4v) is 1.39. The zero-order valence-corrected chi connectivity index (χ0v) is 9.37. The van der Waals surface area contributed by atoms with Crippen molar-refractivity contribution in [2.45, 2.75) is 6.10 Å². The van der Waals surface area contributed by atoms with Crippen LogP contribution < -0.4 is 0 Å². The van der Waals surface area contributed by atoms with Crippen LogP contribution >= 0.6 is 15.9 Å². The first-order chi connectivity index (χ1) is 6.27. The fraction of sp³-hybridized carbons (Fsp3) is 0.400. The van der Waals surface area contributed by atoms with Crippen molar-refractivity contribution in [1.82, 2.24) is 0 Å². The Kier molecular flexibility index (Phi) is 4.42. The van der Waals surface area contributed by atoms with Gasteiger partial charge in [0.1, 0.15) is 6.10 Å². The highest BCUT2D eigenvalue weighted by Gasteiger charge is 2.08. The molecule has 0 unspecified atom stereocenters. The molecule has 0 aliphatic carbocycles. The van der Waals surface area contributed by atoms with Crippen LogP contribution in [0.1, 0.15) is 11.7 Å². The van der Waals surface area contributed by atoms with E-state index in [0.29, 0.717) is 6.61 Å². The van der Waals surface area contributed by atoms with Crippen LogP contribution in [-0.4, -0.2) is 20.8 Å². The zero-order chi connectivity index (χ0) is 9.68. The topological polar surface area (TPSA) is 18.5 Å². The van der Waals surface area contributed by atoms with Crippen molar-refractivity contribution in [3.05, 3.63) is 34.3 Å². The Morgan fingerprint density at radius 1 is 1.23 bits per heavy atom. The lowest BCUT2D eigenvalue weighted by atomic mass is 10.1. The van der Waals surface area contributed by atoms with Crippen LogP contribution in [0.15, 0.2) is 28.7 Å². The fourth-order valence-electron chi connectivity index (χ4n) is 1.13. The van der Waals surface area contributed by atoms with Gasteiger partial charge in [-0.3, -0.25) is 0 Å². The molecule has 1 atom stereocenters. The largest absolute Gasteiger partial charge is 0.382 e. The lowest BCUT2D eigenvalue weighted by Crippen LogP contribution is -2.07. The van der Waals surface area contributed by atoms with E-state index in [4.69, 9.17) is 9.47 Å². The van der Waals surface area contributed by atoms with E-state index in [1.165, 1.54) is 0 Å². The second-order valence-electron chi connectivity index (χ2n) is 2.73. The number of hydrogen-bond acceptors (Lipinski definition) is 2. The highest BCUT2D eigenvalue weighted by Crippen LogP contribution is 2.19. The maximum absolute atomic E-state index is 5.28. The van der Waals surface area contributed by atoms with Gasteiger partial charge in [0.05, 0.1) is 6.61 Å². The van der Waals surface area contributed by atoms with Crippen LogP contribution in [0.2, 0.25) is 0 Å². The Morgan fingerprint density at radius 3 is 2.31 bits per heavy atom. The summed E-state index contributed by atoms with van der Waals surface area (Å²) in [5.41, 5.74) is 1.13. The van der Waals surface area contributed by atoms with Crippen LogP contribution in [0, 0.1) is 0 Å². The van der Waals surface area contributed by atoms with E-state index in [2.05, 4.69) is 15.9 Å². The van der Waals surface area contributed by atoms with Crippen LogP contribution in [0.4, 0.5) is 0 Å². The maximum atomic E-state index is 5.28. The van der Waals surface area contributed by atoms with E-state index in [0.717, 1.165) is 10.0 Å². The molecule has 1 aromatic rings. The summed E-state index contributed by atoms with van der Waals surface area (Å²) >= 11 is 3.38. The molecule has 13 heavy (non-hydrogen) atoms. The van der Waals surface area contributed by atoms with E-state index in [1.54, 1.807) is 14.2 Å². The normalized spacial score (nSPS) is 12.8. The second-order valence-corrected chi connectivity index (χ2v) is 3.65. The van der Waals surface area contributed by atoms with Gasteiger partial charge in [-0.25, -0.2) is 0 Å². The van der Waals surface area contributed by atoms with Gasteiger partial charge in [0.15, 0.2) is 0 Å². The minimum atomic E-state index is 0.0260. The predicted molar refractivity (Wildman–Crippen MR) is 55.8 cm³/mol. The maximum Gasteiger partial charge on any atom is 0.105 e. The average Bonchev–Trinajstić information content (AvgIpc) is 2.16. The minimum absolute atomic E-state index is 0.0260. The van der Waals surface area contributed by atoms with Crippen molar-refractivity contribution in [3.8, 4) is 0 Å². The molecular weight excluding hydrogens is 232 g/mol. The molecule has 0 saturated carbocycles. The summed E-state index contributed by atoms with van der Waals surface area (Å²) in [7, 11) is 3.36. The summed E-state index contributed by atoms with van der Waals surface area (Å²) in [6.45, 7) is 0.581. The molecule has 0 spiro atoms. The number of halogens is 1. The van der Waals surface area contributed by atoms with Gasteiger partial charge in [-0.15, -0.1) is 0 Å². The Bertz CT molecular complexity index is 246. The first-order valence-electron chi connectivity index (χ1n) is 4.05. The molecule has 0 bridgehead atoms. The van der Waals surface area contributed by atoms with Crippen molar-refractivity contribution < 1.29 is 9.47 Å². The lowest BCUT2D eigenvalue weighted by Gasteiger charge is -2.14. The molecule has 0 N–H and O–H groups in total. The molecular formula is C10H13BrO2. The quantitative estimate of drug-likeness (QED) is 0.812. The molecule has 0 fully saturated rings. The number of ether oxygens (including phenoxy) is 2. The molecule has 72 valence electrons. The average molecular weight is 245 g/mol. The molecule has 2 nitrogen and oxygen atoms in total. The van der Waals surface area contributed by atoms with Gasteiger partial charge in [-0.2, -0.15) is 0 Å². The standard InChI is InChI=1S/C10H13BrO2/c1-12-7-10(13-2)8-3-5-9(11)6-4-8/h3-6,10H,7H2,1-2H3/t10-/m1/s1. The molecule has 0 amide bonds. The monoisotopic (exact) mass is 244 g/mol. The molecule has 1 aromatic carbocycles. The van der Waals surface area contributed by atoms with Gasteiger partial charge in [0.25, 0.3) is 0 Å². The third-order valence-corrected chi connectivity index (χ3v) is 2.37. The first-order valence-corrected chi connectivity index (χ1v) is 4.84. The van der Waals surface area contributed by atoms with Gasteiger partial charge in [0.2, 0.25) is 0 Å². The van der Waals surface area contributed by atoms with Crippen LogP contribution in [0.25, 0.3) is 0 Å². The van der Waals surface area contributed by atoms with E-state index < -0.39 is 0 Å². The third-order valence-electron chi connectivity index (χ3n) is 1.84. The highest BCUT2D eigenvalue weighted by molar-refractivity contribution is 9.10. The first kappa shape index (κ1) is 10.7. The summed E-state index contributed by atoms with van der Waals surface area (Å²) in [5, 5.41) is 0. The molecule has 0 heterocycles. The van der Waals surface area contributed by atoms with Crippen molar-refractivity contribution in [3.63, 3.8) is 0 Å². The van der Waals surface area contributed by atoms with E-state index in [1.807, 2.05) is 24.3 Å². The van der Waals surface area contributed by atoms with E-state index >= 15 is 0 Å². The Labute approximate surface area is 87.0 Å². The SMILES string of the molecule is COC[C@@H](OC)c1ccc(Br)cc1. The van der Waals surface area contributed by atoms with Crippen molar-refractivity contribution in [2.24, 2.45) is 0 Å². The van der Waals surface area contributed by atoms with E-state index in [-0.39, 0.29) is 6.10 Å². The third kappa shape index (κ3) is 3.10. The minimum Gasteiger partial charge on any atom is -0.382 e. The molecule has 1 rings (SSSR count). The summed E-state index contributed by atoms with van der Waals surface area (Å²) in [5.74, 6) is 0. The number of benzene rings is 1. The van der Waals surface area contributed by atoms with Gasteiger partial charge >= 0.3 is 0 Å². The second kappa shape index (κ2) is 5.37. The molecule has 0 aliphatic rings. The molecule has 0 aliphatic heterocycles. The van der Waals surface area contributed by atoms with Crippen LogP contribution in [-0.2, 0) is 9.47 Å². The van der Waals surface area contributed by atoms with Gasteiger partial charge in [-0.05, 0) is 17.7 Å². The van der Waals surface area contributed by atoms with Crippen LogP contribution in [0.3, 0.4) is 0 Å². The number of rotatable bonds is 4. The number of hydrogen-bond donors (Lipinski definition) is 0. The van der Waals surface area contributed by atoms with Gasteiger partial charge in [0, 0.05) is 18.7 Å². The summed E-state index contributed by atoms with van der Waals surface area (Å²) in [6.07, 6.45) is 0.0260. The van der Waals surface area contributed by atoms with Crippen LogP contribution in [0.5, 0.6) is 0 Å². The number of methoxy groups -OCH3 is 2. The van der Waals surface area contributed by atoms with Crippen molar-refractivity contribution >= 4 is 15.9 Å². The van der Waals surface area contributed by atoms with Gasteiger partial charge < -0.3 is 9.47 Å².